The Kier molecular flexibility index (Phi) is 2.62. The first-order valence-electron chi connectivity index (χ1n) is 5.47. The zero-order chi connectivity index (χ0) is 11.7. The Morgan fingerprint density at radius 3 is 3.18 bits per heavy atom. The number of imidazole rings is 1. The summed E-state index contributed by atoms with van der Waals surface area (Å²) in [6.45, 7) is 2.24. The van der Waals surface area contributed by atoms with Crippen molar-refractivity contribution in [2.75, 3.05) is 19.7 Å². The minimum atomic E-state index is -0.130. The fourth-order valence-corrected chi connectivity index (χ4v) is 1.76. The van der Waals surface area contributed by atoms with Gasteiger partial charge in [-0.05, 0) is 0 Å². The second-order valence-corrected chi connectivity index (χ2v) is 3.91. The smallest absolute Gasteiger partial charge is 0.276 e. The van der Waals surface area contributed by atoms with E-state index >= 15 is 0 Å². The molecule has 0 spiro atoms. The molecule has 1 unspecified atom stereocenters. The summed E-state index contributed by atoms with van der Waals surface area (Å²) in [5.74, 6) is 1.04. The number of ether oxygens (including phenoxy) is 1. The number of nitrogens with zero attached hydrogens (tertiary/aromatic N) is 4. The van der Waals surface area contributed by atoms with Crippen LogP contribution < -0.4 is 5.32 Å². The van der Waals surface area contributed by atoms with E-state index < -0.39 is 0 Å². The second-order valence-electron chi connectivity index (χ2n) is 3.91. The van der Waals surface area contributed by atoms with Crippen LogP contribution in [0, 0.1) is 0 Å². The maximum absolute atomic E-state index is 5.55. The molecule has 1 atom stereocenters. The molecular weight excluding hydrogens is 222 g/mol. The molecule has 90 valence electrons. The average molecular weight is 235 g/mol. The van der Waals surface area contributed by atoms with Crippen LogP contribution >= 0.6 is 0 Å². The van der Waals surface area contributed by atoms with Crippen LogP contribution in [0.4, 0.5) is 0 Å². The first-order valence-corrected chi connectivity index (χ1v) is 5.47. The highest BCUT2D eigenvalue weighted by Crippen LogP contribution is 2.20. The molecule has 3 rings (SSSR count). The summed E-state index contributed by atoms with van der Waals surface area (Å²) in [4.78, 5) is 8.35. The Labute approximate surface area is 97.8 Å². The maximum Gasteiger partial charge on any atom is 0.276 e. The van der Waals surface area contributed by atoms with Gasteiger partial charge in [-0.25, -0.2) is 4.98 Å². The van der Waals surface area contributed by atoms with E-state index in [1.54, 1.807) is 12.5 Å². The average Bonchev–Trinajstić information content (AvgIpc) is 2.98. The molecule has 0 aromatic carbocycles. The van der Waals surface area contributed by atoms with Crippen molar-refractivity contribution in [1.29, 1.82) is 0 Å². The first kappa shape index (κ1) is 10.4. The molecule has 7 heteroatoms. The Morgan fingerprint density at radius 1 is 1.53 bits per heavy atom. The predicted molar refractivity (Wildman–Crippen MR) is 58.1 cm³/mol. The minimum absolute atomic E-state index is 0.130. The molecule has 2 aromatic heterocycles. The Morgan fingerprint density at radius 2 is 2.47 bits per heavy atom. The molecular formula is C10H13N5O2. The lowest BCUT2D eigenvalue weighted by Crippen LogP contribution is -2.33. The van der Waals surface area contributed by atoms with Gasteiger partial charge in [0, 0.05) is 20.1 Å². The van der Waals surface area contributed by atoms with Gasteiger partial charge in [0.2, 0.25) is 5.82 Å². The van der Waals surface area contributed by atoms with Crippen molar-refractivity contribution < 1.29 is 9.26 Å². The van der Waals surface area contributed by atoms with Crippen LogP contribution in [0.25, 0.3) is 11.6 Å². The van der Waals surface area contributed by atoms with Crippen molar-refractivity contribution in [2.45, 2.75) is 6.10 Å². The fourth-order valence-electron chi connectivity index (χ4n) is 1.76. The highest BCUT2D eigenvalue weighted by atomic mass is 16.5. The fraction of sp³-hybridized carbons (Fsp3) is 0.500. The molecule has 3 heterocycles. The third kappa shape index (κ3) is 1.94. The van der Waals surface area contributed by atoms with E-state index in [2.05, 4.69) is 20.4 Å². The van der Waals surface area contributed by atoms with Gasteiger partial charge in [-0.2, -0.15) is 4.98 Å². The Hall–Kier alpha value is -1.73. The topological polar surface area (TPSA) is 78.0 Å². The van der Waals surface area contributed by atoms with Crippen molar-refractivity contribution in [2.24, 2.45) is 7.05 Å². The molecule has 1 aliphatic heterocycles. The van der Waals surface area contributed by atoms with E-state index in [0.29, 0.717) is 24.9 Å². The monoisotopic (exact) mass is 235 g/mol. The van der Waals surface area contributed by atoms with E-state index in [-0.39, 0.29) is 6.10 Å². The molecule has 1 fully saturated rings. The van der Waals surface area contributed by atoms with E-state index in [1.165, 1.54) is 0 Å². The lowest BCUT2D eigenvalue weighted by atomic mass is 10.3. The second kappa shape index (κ2) is 4.27. The molecule has 0 aliphatic carbocycles. The number of hydrogen-bond acceptors (Lipinski definition) is 6. The number of hydrogen-bond donors (Lipinski definition) is 1. The van der Waals surface area contributed by atoms with Gasteiger partial charge < -0.3 is 19.1 Å². The normalized spacial score (nSPS) is 20.6. The zero-order valence-corrected chi connectivity index (χ0v) is 9.46. The number of aromatic nitrogens is 4. The summed E-state index contributed by atoms with van der Waals surface area (Å²) in [5, 5.41) is 7.17. The molecule has 1 saturated heterocycles. The standard InChI is InChI=1S/C10H13N5O2/c1-15-6-12-4-7(15)10-13-9(14-17-10)8-5-11-2-3-16-8/h4,6,8,11H,2-3,5H2,1H3. The number of rotatable bonds is 2. The van der Waals surface area contributed by atoms with Crippen LogP contribution in [0.5, 0.6) is 0 Å². The molecule has 7 nitrogen and oxygen atoms in total. The summed E-state index contributed by atoms with van der Waals surface area (Å²) in [6.07, 6.45) is 3.25. The third-order valence-electron chi connectivity index (χ3n) is 2.69. The zero-order valence-electron chi connectivity index (χ0n) is 9.46. The van der Waals surface area contributed by atoms with Crippen molar-refractivity contribution in [1.82, 2.24) is 25.0 Å². The number of morpholine rings is 1. The van der Waals surface area contributed by atoms with Crippen molar-refractivity contribution >= 4 is 0 Å². The van der Waals surface area contributed by atoms with Crippen LogP contribution in [0.1, 0.15) is 11.9 Å². The summed E-state index contributed by atoms with van der Waals surface area (Å²) in [7, 11) is 1.88. The van der Waals surface area contributed by atoms with Gasteiger partial charge in [0.15, 0.2) is 0 Å². The lowest BCUT2D eigenvalue weighted by molar-refractivity contribution is 0.0208. The van der Waals surface area contributed by atoms with Crippen molar-refractivity contribution in [3.05, 3.63) is 18.3 Å². The molecule has 0 saturated carbocycles. The van der Waals surface area contributed by atoms with Gasteiger partial charge in [-0.3, -0.25) is 0 Å². The van der Waals surface area contributed by atoms with Gasteiger partial charge >= 0.3 is 0 Å². The SMILES string of the molecule is Cn1cncc1-c1nc(C2CNCCO2)no1. The Bertz CT molecular complexity index is 500. The number of aryl methyl sites for hydroxylation is 1. The van der Waals surface area contributed by atoms with Crippen LogP contribution in [0.2, 0.25) is 0 Å². The van der Waals surface area contributed by atoms with Crippen LogP contribution in [0.15, 0.2) is 17.0 Å². The molecule has 2 aromatic rings. The van der Waals surface area contributed by atoms with Crippen molar-refractivity contribution in [3.8, 4) is 11.6 Å². The van der Waals surface area contributed by atoms with E-state index in [0.717, 1.165) is 12.2 Å². The van der Waals surface area contributed by atoms with Crippen molar-refractivity contribution in [3.63, 3.8) is 0 Å². The largest absolute Gasteiger partial charge is 0.367 e. The van der Waals surface area contributed by atoms with Gasteiger partial charge in [0.1, 0.15) is 11.8 Å². The van der Waals surface area contributed by atoms with Gasteiger partial charge in [0.05, 0.1) is 19.1 Å². The van der Waals surface area contributed by atoms with E-state index in [1.807, 2.05) is 11.6 Å². The quantitative estimate of drug-likeness (QED) is 0.797. The highest BCUT2D eigenvalue weighted by Gasteiger charge is 2.22. The van der Waals surface area contributed by atoms with Gasteiger partial charge in [0.25, 0.3) is 5.89 Å². The maximum atomic E-state index is 5.55. The van der Waals surface area contributed by atoms with E-state index in [9.17, 15) is 0 Å². The van der Waals surface area contributed by atoms with Crippen LogP contribution in [-0.4, -0.2) is 39.4 Å². The van der Waals surface area contributed by atoms with Crippen LogP contribution in [-0.2, 0) is 11.8 Å². The third-order valence-corrected chi connectivity index (χ3v) is 2.69. The molecule has 17 heavy (non-hydrogen) atoms. The Balaban J connectivity index is 1.85. The predicted octanol–water partition coefficient (Wildman–Crippen LogP) is 0.131. The summed E-state index contributed by atoms with van der Waals surface area (Å²) >= 11 is 0. The first-order chi connectivity index (χ1) is 8.34. The molecule has 0 bridgehead atoms. The molecule has 0 radical (unpaired) electrons. The van der Waals surface area contributed by atoms with Gasteiger partial charge in [-0.15, -0.1) is 0 Å². The summed E-state index contributed by atoms with van der Waals surface area (Å²) in [6, 6.07) is 0. The minimum Gasteiger partial charge on any atom is -0.367 e. The molecule has 1 N–H and O–H groups in total. The summed E-state index contributed by atoms with van der Waals surface area (Å²) in [5.41, 5.74) is 0.799. The lowest BCUT2D eigenvalue weighted by Gasteiger charge is -2.20. The number of nitrogens with one attached hydrogen (secondary N) is 1. The van der Waals surface area contributed by atoms with E-state index in [4.69, 9.17) is 9.26 Å². The molecule has 1 aliphatic rings. The molecule has 0 amide bonds. The van der Waals surface area contributed by atoms with Gasteiger partial charge in [-0.1, -0.05) is 5.16 Å². The van der Waals surface area contributed by atoms with Crippen LogP contribution in [0.3, 0.4) is 0 Å². The highest BCUT2D eigenvalue weighted by molar-refractivity contribution is 5.45. The summed E-state index contributed by atoms with van der Waals surface area (Å²) < 4.78 is 12.6.